The van der Waals surface area contributed by atoms with Gasteiger partial charge in [-0.3, -0.25) is 0 Å². The van der Waals surface area contributed by atoms with Gasteiger partial charge in [-0.05, 0) is 59.5 Å². The van der Waals surface area contributed by atoms with E-state index in [2.05, 4.69) is 0 Å². The van der Waals surface area contributed by atoms with Gasteiger partial charge < -0.3 is 33.1 Å². The van der Waals surface area contributed by atoms with Crippen molar-refractivity contribution >= 4 is 0 Å². The average molecular weight is 306 g/mol. The first-order chi connectivity index (χ1) is 9.69. The Bertz CT molecular complexity index is 208. The van der Waals surface area contributed by atoms with Gasteiger partial charge >= 0.3 is 0 Å². The number of hydrogen-bond donors (Lipinski definition) is 6. The maximum absolute atomic E-state index is 10.0. The second-order valence-corrected chi connectivity index (χ2v) is 6.13. The summed E-state index contributed by atoms with van der Waals surface area (Å²) < 4.78 is 0. The van der Waals surface area contributed by atoms with Crippen molar-refractivity contribution in [2.24, 2.45) is 22.9 Å². The molecule has 10 N–H and O–H groups in total. The molecule has 0 heterocycles. The highest BCUT2D eigenvalue weighted by Crippen LogP contribution is 2.22. The van der Waals surface area contributed by atoms with Gasteiger partial charge in [0, 0.05) is 12.1 Å². The molecule has 0 aromatic carbocycles. The summed E-state index contributed by atoms with van der Waals surface area (Å²) in [5.74, 6) is 0. The fourth-order valence-electron chi connectivity index (χ4n) is 2.18. The Balaban J connectivity index is 0. The van der Waals surface area contributed by atoms with E-state index in [1.54, 1.807) is 20.8 Å². The van der Waals surface area contributed by atoms with Gasteiger partial charge in [-0.1, -0.05) is 12.8 Å². The van der Waals surface area contributed by atoms with Gasteiger partial charge in [-0.25, -0.2) is 0 Å². The SMILES string of the molecule is CC(N)CC(O)(CC(C)N)C(C)O.NCCCCCCN. The standard InChI is InChI=1S/C9H22N2O2.C6H16N2/c1-6(10)4-9(13,8(3)12)5-7(2)11;7-5-3-1-2-4-6-8/h6-8,12-13H,4-5,10-11H2,1-3H3;1-8H2. The molecule has 0 aliphatic carbocycles. The summed E-state index contributed by atoms with van der Waals surface area (Å²) >= 11 is 0. The zero-order valence-electron chi connectivity index (χ0n) is 14.1. The number of aliphatic hydroxyl groups is 2. The molecule has 3 unspecified atom stereocenters. The summed E-state index contributed by atoms with van der Waals surface area (Å²) in [4.78, 5) is 0. The van der Waals surface area contributed by atoms with Crippen molar-refractivity contribution in [1.29, 1.82) is 0 Å². The third-order valence-electron chi connectivity index (χ3n) is 3.29. The Labute approximate surface area is 130 Å². The van der Waals surface area contributed by atoms with Crippen LogP contribution in [0.25, 0.3) is 0 Å². The second kappa shape index (κ2) is 13.4. The summed E-state index contributed by atoms with van der Waals surface area (Å²) in [6.45, 7) is 6.81. The van der Waals surface area contributed by atoms with Crippen molar-refractivity contribution in [2.75, 3.05) is 13.1 Å². The van der Waals surface area contributed by atoms with Crippen LogP contribution in [0.2, 0.25) is 0 Å². The van der Waals surface area contributed by atoms with Crippen molar-refractivity contribution in [1.82, 2.24) is 0 Å². The lowest BCUT2D eigenvalue weighted by atomic mass is 9.85. The predicted octanol–water partition coefficient (Wildman–Crippen LogP) is 0.0371. The van der Waals surface area contributed by atoms with E-state index in [0.29, 0.717) is 12.8 Å². The molecule has 0 aromatic heterocycles. The lowest BCUT2D eigenvalue weighted by Crippen LogP contribution is -2.48. The van der Waals surface area contributed by atoms with E-state index >= 15 is 0 Å². The molecule has 130 valence electrons. The third-order valence-corrected chi connectivity index (χ3v) is 3.29. The van der Waals surface area contributed by atoms with E-state index in [1.165, 1.54) is 12.8 Å². The molecule has 0 saturated carbocycles. The monoisotopic (exact) mass is 306 g/mol. The lowest BCUT2D eigenvalue weighted by Gasteiger charge is -2.34. The fourth-order valence-corrected chi connectivity index (χ4v) is 2.18. The van der Waals surface area contributed by atoms with Crippen molar-refractivity contribution in [2.45, 2.75) is 83.1 Å². The van der Waals surface area contributed by atoms with E-state index in [-0.39, 0.29) is 12.1 Å². The molecule has 0 aromatic rings. The average Bonchev–Trinajstić information content (AvgIpc) is 2.33. The van der Waals surface area contributed by atoms with E-state index in [4.69, 9.17) is 22.9 Å². The Morgan fingerprint density at radius 1 is 0.810 bits per heavy atom. The molecule has 0 radical (unpaired) electrons. The van der Waals surface area contributed by atoms with Crippen LogP contribution < -0.4 is 22.9 Å². The van der Waals surface area contributed by atoms with Crippen molar-refractivity contribution in [3.63, 3.8) is 0 Å². The van der Waals surface area contributed by atoms with Gasteiger partial charge in [0.1, 0.15) is 0 Å². The molecule has 21 heavy (non-hydrogen) atoms. The van der Waals surface area contributed by atoms with E-state index in [0.717, 1.165) is 25.9 Å². The Morgan fingerprint density at radius 2 is 1.14 bits per heavy atom. The maximum Gasteiger partial charge on any atom is 0.0931 e. The molecule has 0 saturated heterocycles. The Kier molecular flexibility index (Phi) is 14.7. The van der Waals surface area contributed by atoms with Crippen LogP contribution in [0.3, 0.4) is 0 Å². The maximum atomic E-state index is 10.0. The van der Waals surface area contributed by atoms with Crippen LogP contribution >= 0.6 is 0 Å². The van der Waals surface area contributed by atoms with Crippen LogP contribution in [0.5, 0.6) is 0 Å². The van der Waals surface area contributed by atoms with Gasteiger partial charge in [0.15, 0.2) is 0 Å². The zero-order chi connectivity index (χ0) is 16.9. The zero-order valence-corrected chi connectivity index (χ0v) is 14.1. The van der Waals surface area contributed by atoms with Crippen LogP contribution in [-0.2, 0) is 0 Å². The number of hydrogen-bond acceptors (Lipinski definition) is 6. The van der Waals surface area contributed by atoms with Crippen molar-refractivity contribution in [3.8, 4) is 0 Å². The Morgan fingerprint density at radius 3 is 1.33 bits per heavy atom. The minimum atomic E-state index is -1.15. The quantitative estimate of drug-likeness (QED) is 0.314. The highest BCUT2D eigenvalue weighted by Gasteiger charge is 2.34. The highest BCUT2D eigenvalue weighted by atomic mass is 16.3. The number of unbranched alkanes of at least 4 members (excludes halogenated alkanes) is 3. The minimum Gasteiger partial charge on any atom is -0.390 e. The first-order valence-electron chi connectivity index (χ1n) is 8.01. The van der Waals surface area contributed by atoms with Crippen molar-refractivity contribution < 1.29 is 10.2 Å². The molecule has 0 spiro atoms. The molecule has 6 heteroatoms. The van der Waals surface area contributed by atoms with Crippen LogP contribution in [0, 0.1) is 0 Å². The molecule has 0 rings (SSSR count). The van der Waals surface area contributed by atoms with Crippen LogP contribution in [0.15, 0.2) is 0 Å². The molecular formula is C15H38N4O2. The van der Waals surface area contributed by atoms with Gasteiger partial charge in [0.25, 0.3) is 0 Å². The normalized spacial score (nSPS) is 18.1. The molecule has 0 aliphatic heterocycles. The number of nitrogens with two attached hydrogens (primary N) is 4. The van der Waals surface area contributed by atoms with Crippen LogP contribution in [0.1, 0.15) is 59.3 Å². The van der Waals surface area contributed by atoms with Crippen LogP contribution in [0.4, 0.5) is 0 Å². The molecular weight excluding hydrogens is 268 g/mol. The van der Waals surface area contributed by atoms with Gasteiger partial charge in [-0.2, -0.15) is 0 Å². The van der Waals surface area contributed by atoms with Gasteiger partial charge in [0.2, 0.25) is 0 Å². The summed E-state index contributed by atoms with van der Waals surface area (Å²) in [6, 6.07) is -0.281. The molecule has 0 amide bonds. The second-order valence-electron chi connectivity index (χ2n) is 6.13. The predicted molar refractivity (Wildman–Crippen MR) is 89.7 cm³/mol. The topological polar surface area (TPSA) is 145 Å². The van der Waals surface area contributed by atoms with E-state index in [1.807, 2.05) is 0 Å². The summed E-state index contributed by atoms with van der Waals surface area (Å²) in [5.41, 5.74) is 20.6. The summed E-state index contributed by atoms with van der Waals surface area (Å²) in [5, 5.41) is 19.4. The molecule has 0 aliphatic rings. The first kappa shape index (κ1) is 23.0. The molecule has 6 nitrogen and oxygen atoms in total. The van der Waals surface area contributed by atoms with E-state index < -0.39 is 11.7 Å². The Hall–Kier alpha value is -0.240. The van der Waals surface area contributed by atoms with Gasteiger partial charge in [-0.15, -0.1) is 0 Å². The fraction of sp³-hybridized carbons (Fsp3) is 1.00. The summed E-state index contributed by atoms with van der Waals surface area (Å²) in [6.07, 6.45) is 4.73. The molecule has 0 fully saturated rings. The van der Waals surface area contributed by atoms with E-state index in [9.17, 15) is 10.2 Å². The van der Waals surface area contributed by atoms with Gasteiger partial charge in [0.05, 0.1) is 11.7 Å². The number of aliphatic hydroxyl groups excluding tert-OH is 1. The highest BCUT2D eigenvalue weighted by molar-refractivity contribution is 4.88. The first-order valence-corrected chi connectivity index (χ1v) is 8.01. The largest absolute Gasteiger partial charge is 0.390 e. The lowest BCUT2D eigenvalue weighted by molar-refractivity contribution is -0.0826. The third kappa shape index (κ3) is 14.5. The van der Waals surface area contributed by atoms with Crippen LogP contribution in [-0.4, -0.2) is 47.1 Å². The number of rotatable bonds is 10. The summed E-state index contributed by atoms with van der Waals surface area (Å²) in [7, 11) is 0. The minimum absolute atomic E-state index is 0.140. The molecule has 0 bridgehead atoms. The van der Waals surface area contributed by atoms with Crippen molar-refractivity contribution in [3.05, 3.63) is 0 Å². The molecule has 3 atom stereocenters. The smallest absolute Gasteiger partial charge is 0.0931 e.